The first-order valence-electron chi connectivity index (χ1n) is 16.7. The van der Waals surface area contributed by atoms with Gasteiger partial charge in [0.25, 0.3) is 0 Å². The molecule has 0 fully saturated rings. The summed E-state index contributed by atoms with van der Waals surface area (Å²) in [5.41, 5.74) is 4.35. The van der Waals surface area contributed by atoms with E-state index in [0.29, 0.717) is 22.3 Å². The fourth-order valence-corrected chi connectivity index (χ4v) is 7.55. The lowest BCUT2D eigenvalue weighted by Crippen LogP contribution is -2.26. The van der Waals surface area contributed by atoms with Crippen molar-refractivity contribution in [3.63, 3.8) is 0 Å². The van der Waals surface area contributed by atoms with Gasteiger partial charge in [-0.25, -0.2) is 35.9 Å². The van der Waals surface area contributed by atoms with Gasteiger partial charge in [0.15, 0.2) is 11.6 Å². The maximum absolute atomic E-state index is 13.6. The molecule has 0 saturated heterocycles. The molecular formula is C40H42N2O10S4. The van der Waals surface area contributed by atoms with Gasteiger partial charge in [0.1, 0.15) is 13.2 Å². The zero-order valence-electron chi connectivity index (χ0n) is 31.2. The van der Waals surface area contributed by atoms with Gasteiger partial charge in [0.05, 0.1) is 12.5 Å². The number of carbonyl (C=O) groups excluding carboxylic acids is 4. The van der Waals surface area contributed by atoms with Gasteiger partial charge in [-0.05, 0) is 50.2 Å². The summed E-state index contributed by atoms with van der Waals surface area (Å²) in [5.74, 6) is -1.30. The van der Waals surface area contributed by atoms with Crippen LogP contribution < -0.4 is 9.44 Å². The zero-order chi connectivity index (χ0) is 41.5. The lowest BCUT2D eigenvalue weighted by molar-refractivity contribution is -0.138. The molecule has 0 unspecified atom stereocenters. The smallest absolute Gasteiger partial charge is 0.330 e. The average molecular weight is 839 g/mol. The number of ketones is 2. The van der Waals surface area contributed by atoms with Crippen molar-refractivity contribution >= 4 is 67.1 Å². The quantitative estimate of drug-likeness (QED) is 0.0769. The molecule has 0 amide bonds. The van der Waals surface area contributed by atoms with Crippen LogP contribution in [0.25, 0.3) is 0 Å². The van der Waals surface area contributed by atoms with Crippen LogP contribution in [0.15, 0.2) is 130 Å². The van der Waals surface area contributed by atoms with Crippen LogP contribution in [0.3, 0.4) is 0 Å². The molecule has 0 spiro atoms. The SMILES string of the molecule is C=CC(=O)OCCNS(C)(=O)=O.C=CC(=O)OCCNS(C)(=O)=O.Cc1ccc(Sc2cccc3c2C(=O)c2cccc(Sc4ccc(C)cc4)c2C3=O)cc1. The molecule has 16 heteroatoms. The third kappa shape index (κ3) is 15.0. The highest BCUT2D eigenvalue weighted by molar-refractivity contribution is 7.99. The van der Waals surface area contributed by atoms with E-state index in [4.69, 9.17) is 0 Å². The number of ether oxygens (including phenoxy) is 2. The average Bonchev–Trinajstić information content (AvgIpc) is 3.15. The standard InChI is InChI=1S/C28H20O2S2.2C6H11NO4S/c1-17-9-13-19(14-10-17)31-23-7-3-5-21-25(23)27(29)22-6-4-8-24(26(22)28(21)30)32-20-15-11-18(2)12-16-20;2*1-3-6(8)11-5-4-7-12(2,9)10/h3-16H,1-2H3;2*3,7H,1,4-5H2,2H3. The summed E-state index contributed by atoms with van der Waals surface area (Å²) in [4.78, 5) is 51.7. The summed E-state index contributed by atoms with van der Waals surface area (Å²) in [6, 6.07) is 27.5. The summed E-state index contributed by atoms with van der Waals surface area (Å²) in [7, 11) is -6.39. The largest absolute Gasteiger partial charge is 0.461 e. The van der Waals surface area contributed by atoms with Crippen molar-refractivity contribution in [1.82, 2.24) is 9.44 Å². The topological polar surface area (TPSA) is 179 Å². The summed E-state index contributed by atoms with van der Waals surface area (Å²) < 4.78 is 55.2. The molecule has 296 valence electrons. The molecule has 0 bridgehead atoms. The molecule has 12 nitrogen and oxygen atoms in total. The molecule has 4 aromatic rings. The van der Waals surface area contributed by atoms with E-state index in [9.17, 15) is 36.0 Å². The van der Waals surface area contributed by atoms with E-state index in [1.54, 1.807) is 12.1 Å². The van der Waals surface area contributed by atoms with Crippen molar-refractivity contribution in [2.75, 3.05) is 38.8 Å². The molecule has 0 saturated carbocycles. The van der Waals surface area contributed by atoms with Crippen LogP contribution in [-0.4, -0.2) is 79.2 Å². The second-order valence-electron chi connectivity index (χ2n) is 11.9. The number of aryl methyl sites for hydroxylation is 2. The van der Waals surface area contributed by atoms with Gasteiger partial charge in [-0.1, -0.05) is 96.3 Å². The summed E-state index contributed by atoms with van der Waals surface area (Å²) in [6.07, 6.45) is 4.09. The zero-order valence-corrected chi connectivity index (χ0v) is 34.5. The minimum atomic E-state index is -3.20. The maximum atomic E-state index is 13.6. The predicted molar refractivity (Wildman–Crippen MR) is 218 cm³/mol. The molecule has 1 aliphatic rings. The van der Waals surface area contributed by atoms with Crippen LogP contribution in [0.1, 0.15) is 43.0 Å². The van der Waals surface area contributed by atoms with Gasteiger partial charge in [-0.15, -0.1) is 0 Å². The van der Waals surface area contributed by atoms with Crippen LogP contribution in [0.2, 0.25) is 0 Å². The Morgan fingerprint density at radius 1 is 0.607 bits per heavy atom. The molecule has 0 radical (unpaired) electrons. The minimum Gasteiger partial charge on any atom is -0.461 e. The summed E-state index contributed by atoms with van der Waals surface area (Å²) in [6.45, 7) is 10.6. The Bertz CT molecular complexity index is 2130. The summed E-state index contributed by atoms with van der Waals surface area (Å²) >= 11 is 3.04. The Balaban J connectivity index is 0.000000290. The molecule has 0 heterocycles. The second-order valence-corrected chi connectivity index (χ2v) is 17.8. The number of hydrogen-bond acceptors (Lipinski definition) is 12. The number of nitrogens with one attached hydrogen (secondary N) is 2. The van der Waals surface area contributed by atoms with Crippen LogP contribution >= 0.6 is 23.5 Å². The van der Waals surface area contributed by atoms with Gasteiger partial charge in [0.2, 0.25) is 20.0 Å². The molecule has 0 aromatic heterocycles. The number of carbonyl (C=O) groups is 4. The maximum Gasteiger partial charge on any atom is 0.330 e. The lowest BCUT2D eigenvalue weighted by Gasteiger charge is -2.22. The van der Waals surface area contributed by atoms with E-state index in [0.717, 1.165) is 44.2 Å². The first-order chi connectivity index (χ1) is 26.4. The number of esters is 2. The monoisotopic (exact) mass is 838 g/mol. The van der Waals surface area contributed by atoms with Crippen LogP contribution in [0, 0.1) is 13.8 Å². The van der Waals surface area contributed by atoms with Crippen molar-refractivity contribution in [2.24, 2.45) is 0 Å². The molecular weight excluding hydrogens is 797 g/mol. The predicted octanol–water partition coefficient (Wildman–Crippen LogP) is 5.91. The first-order valence-corrected chi connectivity index (χ1v) is 22.2. The summed E-state index contributed by atoms with van der Waals surface area (Å²) in [5, 5.41) is 0. The van der Waals surface area contributed by atoms with Gasteiger partial charge >= 0.3 is 11.9 Å². The Labute approximate surface area is 336 Å². The van der Waals surface area contributed by atoms with Crippen molar-refractivity contribution in [3.05, 3.63) is 144 Å². The molecule has 1 aliphatic carbocycles. The van der Waals surface area contributed by atoms with Crippen LogP contribution in [0.5, 0.6) is 0 Å². The van der Waals surface area contributed by atoms with Crippen LogP contribution in [0.4, 0.5) is 0 Å². The fourth-order valence-electron chi connectivity index (χ4n) is 4.69. The van der Waals surface area contributed by atoms with Gasteiger partial charge < -0.3 is 9.47 Å². The second kappa shape index (κ2) is 21.5. The van der Waals surface area contributed by atoms with Crippen molar-refractivity contribution in [3.8, 4) is 0 Å². The molecule has 5 rings (SSSR count). The van der Waals surface area contributed by atoms with E-state index in [2.05, 4.69) is 56.3 Å². The number of rotatable bonds is 14. The van der Waals surface area contributed by atoms with Gasteiger partial charge in [-0.3, -0.25) is 9.59 Å². The highest BCUT2D eigenvalue weighted by atomic mass is 32.2. The number of hydrogen-bond donors (Lipinski definition) is 2. The molecule has 2 N–H and O–H groups in total. The minimum absolute atomic E-state index is 0.0118. The van der Waals surface area contributed by atoms with E-state index in [-0.39, 0.29) is 37.9 Å². The third-order valence-corrected chi connectivity index (χ3v) is 10.8. The van der Waals surface area contributed by atoms with Crippen molar-refractivity contribution in [2.45, 2.75) is 33.4 Å². The Morgan fingerprint density at radius 2 is 0.946 bits per heavy atom. The van der Waals surface area contributed by atoms with E-state index < -0.39 is 32.0 Å². The van der Waals surface area contributed by atoms with E-state index in [1.165, 1.54) is 34.7 Å². The van der Waals surface area contributed by atoms with E-state index >= 15 is 0 Å². The lowest BCUT2D eigenvalue weighted by atomic mass is 9.84. The first kappa shape index (κ1) is 45.5. The molecule has 0 aliphatic heterocycles. The normalized spacial score (nSPS) is 11.7. The Kier molecular flexibility index (Phi) is 17.5. The fraction of sp³-hybridized carbons (Fsp3) is 0.200. The molecule has 0 atom stereocenters. The highest BCUT2D eigenvalue weighted by Gasteiger charge is 2.33. The van der Waals surface area contributed by atoms with Crippen molar-refractivity contribution < 1.29 is 45.5 Å². The highest BCUT2D eigenvalue weighted by Crippen LogP contribution is 2.41. The number of sulfonamides is 2. The van der Waals surface area contributed by atoms with Crippen molar-refractivity contribution in [1.29, 1.82) is 0 Å². The number of fused-ring (bicyclic) bond motifs is 2. The van der Waals surface area contributed by atoms with E-state index in [1.807, 2.05) is 62.4 Å². The number of benzene rings is 4. The van der Waals surface area contributed by atoms with Gasteiger partial charge in [0, 0.05) is 67.1 Å². The Hall–Kier alpha value is -4.84. The molecule has 56 heavy (non-hydrogen) atoms. The third-order valence-electron chi connectivity index (χ3n) is 7.25. The Morgan fingerprint density at radius 3 is 1.25 bits per heavy atom. The van der Waals surface area contributed by atoms with Gasteiger partial charge in [-0.2, -0.15) is 0 Å². The van der Waals surface area contributed by atoms with Crippen LogP contribution in [-0.2, 0) is 39.1 Å². The molecule has 4 aromatic carbocycles.